The summed E-state index contributed by atoms with van der Waals surface area (Å²) in [4.78, 5) is 12.3. The molecule has 130 valence electrons. The third kappa shape index (κ3) is 5.05. The van der Waals surface area contributed by atoms with E-state index in [1.165, 1.54) is 18.3 Å². The number of allylic oxidation sites excluding steroid dienone is 4. The standard InChI is InChI=1S/C19H31NO3/c1-12(7-6-8-13(2)11-20)9-10-16-14(3)18(22)19(23-5)15(4)17(16)21/h8-9,14,16-17,21H,6-7,10-11,20H2,1-5H3/b12-9+,13-8+. The summed E-state index contributed by atoms with van der Waals surface area (Å²) in [5, 5.41) is 10.5. The zero-order valence-corrected chi connectivity index (χ0v) is 15.1. The van der Waals surface area contributed by atoms with Crippen LogP contribution >= 0.6 is 0 Å². The molecule has 4 nitrogen and oxygen atoms in total. The number of Topliss-reactive ketones (excluding diaryl/α,β-unsaturated/α-hetero) is 1. The molecule has 4 heteroatoms. The van der Waals surface area contributed by atoms with E-state index in [1.807, 2.05) is 13.8 Å². The van der Waals surface area contributed by atoms with Gasteiger partial charge in [0.05, 0.1) is 13.2 Å². The average molecular weight is 321 g/mol. The molecule has 0 saturated carbocycles. The van der Waals surface area contributed by atoms with E-state index in [1.54, 1.807) is 6.92 Å². The molecule has 0 amide bonds. The van der Waals surface area contributed by atoms with Crippen LogP contribution in [-0.4, -0.2) is 30.6 Å². The second-order valence-electron chi connectivity index (χ2n) is 6.56. The molecule has 0 aromatic rings. The fraction of sp³-hybridized carbons (Fsp3) is 0.632. The number of hydrogen-bond acceptors (Lipinski definition) is 4. The maximum Gasteiger partial charge on any atom is 0.200 e. The normalized spacial score (nSPS) is 26.7. The Morgan fingerprint density at radius 3 is 2.52 bits per heavy atom. The monoisotopic (exact) mass is 321 g/mol. The van der Waals surface area contributed by atoms with Crippen molar-refractivity contribution >= 4 is 5.78 Å². The molecule has 3 atom stereocenters. The molecule has 23 heavy (non-hydrogen) atoms. The summed E-state index contributed by atoms with van der Waals surface area (Å²) in [5.41, 5.74) is 8.69. The Morgan fingerprint density at radius 1 is 1.30 bits per heavy atom. The number of rotatable bonds is 7. The first-order valence-corrected chi connectivity index (χ1v) is 8.31. The zero-order valence-electron chi connectivity index (χ0n) is 15.1. The molecule has 0 aromatic heterocycles. The Morgan fingerprint density at radius 2 is 1.96 bits per heavy atom. The minimum atomic E-state index is -0.624. The van der Waals surface area contributed by atoms with E-state index in [0.717, 1.165) is 12.8 Å². The van der Waals surface area contributed by atoms with Gasteiger partial charge in [0.1, 0.15) is 0 Å². The quantitative estimate of drug-likeness (QED) is 0.707. The second-order valence-corrected chi connectivity index (χ2v) is 6.56. The van der Waals surface area contributed by atoms with Crippen molar-refractivity contribution in [3.05, 3.63) is 34.6 Å². The molecular weight excluding hydrogens is 290 g/mol. The summed E-state index contributed by atoms with van der Waals surface area (Å²) in [7, 11) is 1.48. The van der Waals surface area contributed by atoms with Gasteiger partial charge in [-0.15, -0.1) is 0 Å². The summed E-state index contributed by atoms with van der Waals surface area (Å²) in [6.07, 6.45) is 6.33. The van der Waals surface area contributed by atoms with E-state index in [2.05, 4.69) is 19.1 Å². The molecule has 1 rings (SSSR count). The predicted molar refractivity (Wildman–Crippen MR) is 93.8 cm³/mol. The fourth-order valence-electron chi connectivity index (χ4n) is 2.99. The van der Waals surface area contributed by atoms with Gasteiger partial charge in [-0.2, -0.15) is 0 Å². The number of methoxy groups -OCH3 is 1. The SMILES string of the molecule is COC1=C(C)C(O)C(C/C=C(\C)CC/C=C(\C)CN)C(C)C1=O. The minimum Gasteiger partial charge on any atom is -0.493 e. The Bertz CT molecular complexity index is 517. The van der Waals surface area contributed by atoms with Crippen molar-refractivity contribution in [3.8, 4) is 0 Å². The van der Waals surface area contributed by atoms with Gasteiger partial charge in [-0.25, -0.2) is 0 Å². The molecule has 0 fully saturated rings. The van der Waals surface area contributed by atoms with Crippen LogP contribution in [-0.2, 0) is 9.53 Å². The number of nitrogens with two attached hydrogens (primary N) is 1. The van der Waals surface area contributed by atoms with Crippen LogP contribution in [0.1, 0.15) is 47.0 Å². The van der Waals surface area contributed by atoms with Crippen molar-refractivity contribution in [2.45, 2.75) is 53.1 Å². The summed E-state index contributed by atoms with van der Waals surface area (Å²) < 4.78 is 5.15. The number of aliphatic hydroxyl groups excluding tert-OH is 1. The zero-order chi connectivity index (χ0) is 17.6. The van der Waals surface area contributed by atoms with Gasteiger partial charge in [0.2, 0.25) is 5.78 Å². The molecule has 3 N–H and O–H groups in total. The molecule has 3 unspecified atom stereocenters. The van der Waals surface area contributed by atoms with E-state index in [4.69, 9.17) is 10.5 Å². The highest BCUT2D eigenvalue weighted by Gasteiger charge is 2.39. The van der Waals surface area contributed by atoms with Crippen molar-refractivity contribution in [1.29, 1.82) is 0 Å². The summed E-state index contributed by atoms with van der Waals surface area (Å²) >= 11 is 0. The summed E-state index contributed by atoms with van der Waals surface area (Å²) in [6.45, 7) is 8.38. The molecule has 0 radical (unpaired) electrons. The van der Waals surface area contributed by atoms with Crippen LogP contribution in [0.25, 0.3) is 0 Å². The van der Waals surface area contributed by atoms with E-state index in [-0.39, 0.29) is 17.6 Å². The number of ketones is 1. The smallest absolute Gasteiger partial charge is 0.200 e. The van der Waals surface area contributed by atoms with Gasteiger partial charge in [0.25, 0.3) is 0 Å². The molecular formula is C19H31NO3. The van der Waals surface area contributed by atoms with Crippen LogP contribution in [0.3, 0.4) is 0 Å². The lowest BCUT2D eigenvalue weighted by molar-refractivity contribution is -0.126. The summed E-state index contributed by atoms with van der Waals surface area (Å²) in [5.74, 6) is 0.00181. The van der Waals surface area contributed by atoms with Crippen LogP contribution < -0.4 is 5.73 Å². The van der Waals surface area contributed by atoms with E-state index >= 15 is 0 Å². The molecule has 0 spiro atoms. The molecule has 1 aliphatic rings. The highest BCUT2D eigenvalue weighted by Crippen LogP contribution is 2.34. The van der Waals surface area contributed by atoms with Gasteiger partial charge < -0.3 is 15.6 Å². The first-order valence-electron chi connectivity index (χ1n) is 8.31. The van der Waals surface area contributed by atoms with Crippen molar-refractivity contribution in [2.75, 3.05) is 13.7 Å². The highest BCUT2D eigenvalue weighted by molar-refractivity contribution is 5.97. The van der Waals surface area contributed by atoms with Crippen LogP contribution in [0.4, 0.5) is 0 Å². The lowest BCUT2D eigenvalue weighted by atomic mass is 9.75. The molecule has 0 bridgehead atoms. The predicted octanol–water partition coefficient (Wildman–Crippen LogP) is 3.12. The Hall–Kier alpha value is -1.39. The van der Waals surface area contributed by atoms with Crippen LogP contribution in [0.5, 0.6) is 0 Å². The Kier molecular flexibility index (Phi) is 7.73. The van der Waals surface area contributed by atoms with Gasteiger partial charge in [0, 0.05) is 24.0 Å². The van der Waals surface area contributed by atoms with Crippen LogP contribution in [0.2, 0.25) is 0 Å². The summed E-state index contributed by atoms with van der Waals surface area (Å²) in [6, 6.07) is 0. The van der Waals surface area contributed by atoms with Gasteiger partial charge in [0.15, 0.2) is 5.76 Å². The Balaban J connectivity index is 2.71. The topological polar surface area (TPSA) is 72.6 Å². The maximum absolute atomic E-state index is 12.3. The molecule has 0 aromatic carbocycles. The Labute approximate surface area is 140 Å². The largest absolute Gasteiger partial charge is 0.493 e. The van der Waals surface area contributed by atoms with Gasteiger partial charge >= 0.3 is 0 Å². The average Bonchev–Trinajstić information content (AvgIpc) is 2.53. The maximum atomic E-state index is 12.3. The minimum absolute atomic E-state index is 0.00661. The third-order valence-electron chi connectivity index (χ3n) is 4.78. The van der Waals surface area contributed by atoms with Gasteiger partial charge in [-0.05, 0) is 40.0 Å². The second kappa shape index (κ2) is 9.04. The first-order chi connectivity index (χ1) is 10.8. The lowest BCUT2D eigenvalue weighted by Crippen LogP contribution is -2.38. The number of carbonyl (C=O) groups is 1. The van der Waals surface area contributed by atoms with Crippen molar-refractivity contribution in [2.24, 2.45) is 17.6 Å². The highest BCUT2D eigenvalue weighted by atomic mass is 16.5. The van der Waals surface area contributed by atoms with E-state index < -0.39 is 6.10 Å². The van der Waals surface area contributed by atoms with E-state index in [0.29, 0.717) is 24.3 Å². The molecule has 0 heterocycles. The number of carbonyl (C=O) groups excluding carboxylic acids is 1. The number of hydrogen-bond donors (Lipinski definition) is 2. The number of ether oxygens (including phenoxy) is 1. The third-order valence-corrected chi connectivity index (χ3v) is 4.78. The van der Waals surface area contributed by atoms with Crippen molar-refractivity contribution < 1.29 is 14.6 Å². The van der Waals surface area contributed by atoms with Crippen LogP contribution in [0.15, 0.2) is 34.6 Å². The van der Waals surface area contributed by atoms with Crippen molar-refractivity contribution in [1.82, 2.24) is 0 Å². The van der Waals surface area contributed by atoms with Crippen LogP contribution in [0, 0.1) is 11.8 Å². The molecule has 1 aliphatic carbocycles. The van der Waals surface area contributed by atoms with Gasteiger partial charge in [-0.1, -0.05) is 30.2 Å². The molecule has 0 saturated heterocycles. The molecule has 0 aliphatic heterocycles. The lowest BCUT2D eigenvalue weighted by Gasteiger charge is -2.33. The van der Waals surface area contributed by atoms with E-state index in [9.17, 15) is 9.90 Å². The number of aliphatic hydroxyl groups is 1. The first kappa shape index (κ1) is 19.7. The van der Waals surface area contributed by atoms with Gasteiger partial charge in [-0.3, -0.25) is 4.79 Å². The van der Waals surface area contributed by atoms with Crippen molar-refractivity contribution in [3.63, 3.8) is 0 Å². The fourth-order valence-corrected chi connectivity index (χ4v) is 2.99.